The Balaban J connectivity index is 1.60. The Morgan fingerprint density at radius 2 is 1.29 bits per heavy atom. The fourth-order valence-corrected chi connectivity index (χ4v) is 3.13. The molecule has 4 nitrogen and oxygen atoms in total. The van der Waals surface area contributed by atoms with E-state index in [0.29, 0.717) is 17.9 Å². The summed E-state index contributed by atoms with van der Waals surface area (Å²) in [7, 11) is 0. The second-order valence-electron chi connectivity index (χ2n) is 7.42. The molecule has 3 rings (SSSR count). The van der Waals surface area contributed by atoms with E-state index in [1.807, 2.05) is 24.3 Å². The van der Waals surface area contributed by atoms with Crippen molar-refractivity contribution in [3.8, 4) is 22.6 Å². The summed E-state index contributed by atoms with van der Waals surface area (Å²) in [6.45, 7) is 7.65. The van der Waals surface area contributed by atoms with Gasteiger partial charge in [0, 0.05) is 6.61 Å². The first-order valence-electron chi connectivity index (χ1n) is 10.9. The average molecular weight is 419 g/mol. The van der Waals surface area contributed by atoms with Crippen LogP contribution in [0.4, 0.5) is 0 Å². The van der Waals surface area contributed by atoms with Crippen LogP contribution < -0.4 is 9.47 Å². The van der Waals surface area contributed by atoms with E-state index in [4.69, 9.17) is 14.2 Å². The largest absolute Gasteiger partial charge is 0.494 e. The SMILES string of the molecule is CCCOc1ccc(C(=O)Oc2ccc(-c3ccc(C(C)OCCC)cc3)cc2)cc1. The standard InChI is InChI=1S/C27H30O4/c1-4-18-29-20(3)21-6-8-22(9-7-21)23-10-16-26(17-11-23)31-27(28)24-12-14-25(15-13-24)30-19-5-2/h6-17,20H,4-5,18-19H2,1-3H3. The molecule has 0 saturated carbocycles. The number of benzene rings is 3. The minimum atomic E-state index is -0.389. The minimum Gasteiger partial charge on any atom is -0.494 e. The van der Waals surface area contributed by atoms with Gasteiger partial charge in [-0.25, -0.2) is 4.79 Å². The predicted molar refractivity (Wildman–Crippen MR) is 124 cm³/mol. The van der Waals surface area contributed by atoms with Crippen LogP contribution in [0, 0.1) is 0 Å². The van der Waals surface area contributed by atoms with Gasteiger partial charge in [0.1, 0.15) is 11.5 Å². The Morgan fingerprint density at radius 3 is 1.87 bits per heavy atom. The molecule has 0 bridgehead atoms. The van der Waals surface area contributed by atoms with Crippen LogP contribution in [0.5, 0.6) is 11.5 Å². The van der Waals surface area contributed by atoms with Gasteiger partial charge < -0.3 is 14.2 Å². The van der Waals surface area contributed by atoms with Crippen molar-refractivity contribution in [2.45, 2.75) is 39.7 Å². The van der Waals surface area contributed by atoms with Crippen LogP contribution in [0.15, 0.2) is 72.8 Å². The number of esters is 1. The Kier molecular flexibility index (Phi) is 8.25. The van der Waals surface area contributed by atoms with Crippen molar-refractivity contribution in [3.05, 3.63) is 83.9 Å². The van der Waals surface area contributed by atoms with Gasteiger partial charge in [0.15, 0.2) is 0 Å². The highest BCUT2D eigenvalue weighted by Gasteiger charge is 2.10. The zero-order valence-corrected chi connectivity index (χ0v) is 18.5. The molecule has 0 heterocycles. The van der Waals surface area contributed by atoms with E-state index in [2.05, 4.69) is 45.0 Å². The summed E-state index contributed by atoms with van der Waals surface area (Å²) in [5.74, 6) is 0.874. The number of hydrogen-bond acceptors (Lipinski definition) is 4. The van der Waals surface area contributed by atoms with Crippen LogP contribution >= 0.6 is 0 Å². The van der Waals surface area contributed by atoms with Gasteiger partial charge in [-0.05, 0) is 72.9 Å². The van der Waals surface area contributed by atoms with Crippen molar-refractivity contribution in [2.24, 2.45) is 0 Å². The van der Waals surface area contributed by atoms with Gasteiger partial charge in [0.2, 0.25) is 0 Å². The lowest BCUT2D eigenvalue weighted by molar-refractivity contribution is 0.0663. The molecule has 0 amide bonds. The van der Waals surface area contributed by atoms with Gasteiger partial charge in [0.05, 0.1) is 18.3 Å². The Hall–Kier alpha value is -3.11. The van der Waals surface area contributed by atoms with Crippen LogP contribution in [-0.4, -0.2) is 19.2 Å². The molecule has 0 aliphatic carbocycles. The summed E-state index contributed by atoms with van der Waals surface area (Å²) in [6.07, 6.45) is 2.04. The molecule has 4 heteroatoms. The fourth-order valence-electron chi connectivity index (χ4n) is 3.13. The lowest BCUT2D eigenvalue weighted by Gasteiger charge is -2.13. The van der Waals surface area contributed by atoms with Crippen LogP contribution in [0.25, 0.3) is 11.1 Å². The second kappa shape index (κ2) is 11.3. The van der Waals surface area contributed by atoms with Crippen LogP contribution in [-0.2, 0) is 4.74 Å². The normalized spacial score (nSPS) is 11.7. The molecular formula is C27H30O4. The lowest BCUT2D eigenvalue weighted by atomic mass is 10.0. The molecule has 0 aliphatic rings. The van der Waals surface area contributed by atoms with Crippen molar-refractivity contribution in [3.63, 3.8) is 0 Å². The molecule has 0 aliphatic heterocycles. The van der Waals surface area contributed by atoms with E-state index < -0.39 is 0 Å². The first kappa shape index (κ1) is 22.6. The Labute approximate surface area is 184 Å². The summed E-state index contributed by atoms with van der Waals surface area (Å²) in [5, 5.41) is 0. The Bertz CT molecular complexity index is 944. The third-order valence-corrected chi connectivity index (χ3v) is 4.91. The molecular weight excluding hydrogens is 388 g/mol. The quantitative estimate of drug-likeness (QED) is 0.267. The van der Waals surface area contributed by atoms with Gasteiger partial charge in [-0.1, -0.05) is 50.2 Å². The van der Waals surface area contributed by atoms with Gasteiger partial charge in [-0.2, -0.15) is 0 Å². The van der Waals surface area contributed by atoms with E-state index in [1.165, 1.54) is 0 Å². The summed E-state index contributed by atoms with van der Waals surface area (Å²) in [6, 6.07) is 22.9. The molecule has 0 N–H and O–H groups in total. The molecule has 0 aromatic heterocycles. The van der Waals surface area contributed by atoms with Gasteiger partial charge in [-0.3, -0.25) is 0 Å². The molecule has 31 heavy (non-hydrogen) atoms. The molecule has 3 aromatic rings. The first-order valence-corrected chi connectivity index (χ1v) is 10.9. The maximum atomic E-state index is 12.4. The molecule has 0 saturated heterocycles. The van der Waals surface area contributed by atoms with Crippen molar-refractivity contribution in [1.82, 2.24) is 0 Å². The highest BCUT2D eigenvalue weighted by Crippen LogP contribution is 2.26. The fraction of sp³-hybridized carbons (Fsp3) is 0.296. The van der Waals surface area contributed by atoms with Gasteiger partial charge in [0.25, 0.3) is 0 Å². The third-order valence-electron chi connectivity index (χ3n) is 4.91. The van der Waals surface area contributed by atoms with E-state index in [0.717, 1.165) is 41.9 Å². The highest BCUT2D eigenvalue weighted by molar-refractivity contribution is 5.91. The van der Waals surface area contributed by atoms with Crippen molar-refractivity contribution >= 4 is 5.97 Å². The van der Waals surface area contributed by atoms with Crippen LogP contribution in [0.1, 0.15) is 55.6 Å². The van der Waals surface area contributed by atoms with Crippen molar-refractivity contribution in [2.75, 3.05) is 13.2 Å². The van der Waals surface area contributed by atoms with Crippen molar-refractivity contribution < 1.29 is 19.0 Å². The zero-order valence-electron chi connectivity index (χ0n) is 18.5. The third kappa shape index (κ3) is 6.43. The maximum Gasteiger partial charge on any atom is 0.343 e. The number of carbonyl (C=O) groups excluding carboxylic acids is 1. The average Bonchev–Trinajstić information content (AvgIpc) is 2.82. The van der Waals surface area contributed by atoms with E-state index >= 15 is 0 Å². The topological polar surface area (TPSA) is 44.8 Å². The highest BCUT2D eigenvalue weighted by atomic mass is 16.5. The second-order valence-corrected chi connectivity index (χ2v) is 7.42. The lowest BCUT2D eigenvalue weighted by Crippen LogP contribution is -2.08. The zero-order chi connectivity index (χ0) is 22.1. The summed E-state index contributed by atoms with van der Waals surface area (Å²) < 4.78 is 16.8. The monoisotopic (exact) mass is 418 g/mol. The number of ether oxygens (including phenoxy) is 3. The van der Waals surface area contributed by atoms with E-state index in [-0.39, 0.29) is 12.1 Å². The first-order chi connectivity index (χ1) is 15.1. The van der Waals surface area contributed by atoms with Gasteiger partial charge >= 0.3 is 5.97 Å². The molecule has 0 spiro atoms. The number of rotatable bonds is 10. The predicted octanol–water partition coefficient (Wildman–Crippen LogP) is 6.85. The molecule has 1 atom stereocenters. The maximum absolute atomic E-state index is 12.4. The summed E-state index contributed by atoms with van der Waals surface area (Å²) >= 11 is 0. The molecule has 0 radical (unpaired) electrons. The molecule has 3 aromatic carbocycles. The number of hydrogen-bond donors (Lipinski definition) is 0. The van der Waals surface area contributed by atoms with E-state index in [1.54, 1.807) is 24.3 Å². The molecule has 1 unspecified atom stereocenters. The van der Waals surface area contributed by atoms with Crippen LogP contribution in [0.2, 0.25) is 0 Å². The molecule has 162 valence electrons. The smallest absolute Gasteiger partial charge is 0.343 e. The van der Waals surface area contributed by atoms with Gasteiger partial charge in [-0.15, -0.1) is 0 Å². The summed E-state index contributed by atoms with van der Waals surface area (Å²) in [5.41, 5.74) is 3.81. The minimum absolute atomic E-state index is 0.0862. The summed E-state index contributed by atoms with van der Waals surface area (Å²) in [4.78, 5) is 12.4. The van der Waals surface area contributed by atoms with E-state index in [9.17, 15) is 4.79 Å². The van der Waals surface area contributed by atoms with Crippen LogP contribution in [0.3, 0.4) is 0 Å². The Morgan fingerprint density at radius 1 is 0.742 bits per heavy atom. The molecule has 0 fully saturated rings. The van der Waals surface area contributed by atoms with Crippen molar-refractivity contribution in [1.29, 1.82) is 0 Å². The number of carbonyl (C=O) groups is 1.